The van der Waals surface area contributed by atoms with Crippen molar-refractivity contribution in [3.8, 4) is 11.3 Å². The van der Waals surface area contributed by atoms with Gasteiger partial charge in [0.05, 0.1) is 38.6 Å². The van der Waals surface area contributed by atoms with Crippen LogP contribution in [-0.2, 0) is 22.6 Å². The van der Waals surface area contributed by atoms with E-state index in [2.05, 4.69) is 10.1 Å². The monoisotopic (exact) mass is 622 g/mol. The predicted molar refractivity (Wildman–Crippen MR) is 151 cm³/mol. The molecule has 2 bridgehead atoms. The lowest BCUT2D eigenvalue weighted by Crippen LogP contribution is -2.44. The molecule has 0 spiro atoms. The zero-order valence-electron chi connectivity index (χ0n) is 22.1. The van der Waals surface area contributed by atoms with Crippen LogP contribution in [0, 0.1) is 17.7 Å². The molecule has 41 heavy (non-hydrogen) atoms. The summed E-state index contributed by atoms with van der Waals surface area (Å²) in [7, 11) is 0. The number of carboxylic acid groups (broad SMARTS) is 1. The zero-order chi connectivity index (χ0) is 29.3. The van der Waals surface area contributed by atoms with Crippen LogP contribution in [0.25, 0.3) is 21.5 Å². The van der Waals surface area contributed by atoms with Crippen molar-refractivity contribution in [1.82, 2.24) is 10.1 Å². The molecule has 7 nitrogen and oxygen atoms in total. The van der Waals surface area contributed by atoms with Gasteiger partial charge < -0.3 is 19.5 Å². The molecule has 2 aromatic carbocycles. The van der Waals surface area contributed by atoms with Crippen LogP contribution in [0.3, 0.4) is 0 Å². The van der Waals surface area contributed by atoms with E-state index in [1.807, 2.05) is 0 Å². The Labute approximate surface area is 248 Å². The number of aromatic carboxylic acids is 1. The van der Waals surface area contributed by atoms with E-state index in [0.29, 0.717) is 49.4 Å². The average molecular weight is 624 g/mol. The molecule has 0 amide bonds. The van der Waals surface area contributed by atoms with Crippen LogP contribution < -0.4 is 0 Å². The first kappa shape index (κ1) is 28.5. The minimum absolute atomic E-state index is 0.00405. The van der Waals surface area contributed by atoms with Crippen LogP contribution in [0.5, 0.6) is 0 Å². The fourth-order valence-corrected chi connectivity index (χ4v) is 8.15. The first-order chi connectivity index (χ1) is 19.4. The summed E-state index contributed by atoms with van der Waals surface area (Å²) < 4.78 is 41.9. The Bertz CT molecular complexity index is 1630. The largest absolute Gasteiger partial charge is 0.478 e. The lowest BCUT2D eigenvalue weighted by molar-refractivity contribution is -0.116. The number of aliphatic hydroxyl groups is 1. The van der Waals surface area contributed by atoms with Crippen molar-refractivity contribution in [2.24, 2.45) is 11.8 Å². The zero-order valence-corrected chi connectivity index (χ0v) is 24.4. The molecule has 0 radical (unpaired) electrons. The number of aromatic nitrogens is 2. The van der Waals surface area contributed by atoms with Crippen molar-refractivity contribution in [3.05, 3.63) is 68.1 Å². The number of fused-ring (bicyclic) bond motifs is 3. The number of ether oxygens (including phenoxy) is 1. The Kier molecular flexibility index (Phi) is 7.14. The summed E-state index contributed by atoms with van der Waals surface area (Å²) in [5, 5.41) is 26.4. The predicted octanol–water partition coefficient (Wildman–Crippen LogP) is 7.89. The van der Waals surface area contributed by atoms with Crippen molar-refractivity contribution in [3.63, 3.8) is 0 Å². The van der Waals surface area contributed by atoms with Gasteiger partial charge in [0.1, 0.15) is 21.8 Å². The summed E-state index contributed by atoms with van der Waals surface area (Å²) >= 11 is 14.0. The van der Waals surface area contributed by atoms with E-state index >= 15 is 4.39 Å². The number of carbonyl (C=O) groups is 1. The maximum atomic E-state index is 15.1. The fourth-order valence-electron chi connectivity index (χ4n) is 6.30. The maximum Gasteiger partial charge on any atom is 0.335 e. The number of rotatable bonds is 7. The molecule has 2 saturated carbocycles. The van der Waals surface area contributed by atoms with Gasteiger partial charge in [0.15, 0.2) is 17.2 Å². The highest BCUT2D eigenvalue weighted by Gasteiger charge is 2.56. The minimum atomic E-state index is -1.84. The van der Waals surface area contributed by atoms with Crippen molar-refractivity contribution in [2.75, 3.05) is 0 Å². The van der Waals surface area contributed by atoms with E-state index in [9.17, 15) is 19.4 Å². The third-order valence-electron chi connectivity index (χ3n) is 8.23. The van der Waals surface area contributed by atoms with Crippen molar-refractivity contribution in [1.29, 1.82) is 0 Å². The molecule has 2 aliphatic rings. The van der Waals surface area contributed by atoms with Gasteiger partial charge in [-0.15, -0.1) is 11.3 Å². The molecule has 216 valence electrons. The van der Waals surface area contributed by atoms with Crippen molar-refractivity contribution in [2.45, 2.75) is 63.5 Å². The summed E-state index contributed by atoms with van der Waals surface area (Å²) in [5.74, 6) is -2.35. The van der Waals surface area contributed by atoms with E-state index in [1.54, 1.807) is 18.2 Å². The Morgan fingerprint density at radius 2 is 1.88 bits per heavy atom. The van der Waals surface area contributed by atoms with Crippen LogP contribution in [0.15, 0.2) is 34.9 Å². The number of benzene rings is 2. The molecule has 2 aromatic heterocycles. The van der Waals surface area contributed by atoms with Gasteiger partial charge in [-0.1, -0.05) is 34.4 Å². The van der Waals surface area contributed by atoms with Crippen molar-refractivity contribution < 1.29 is 33.0 Å². The summed E-state index contributed by atoms with van der Waals surface area (Å²) in [6.45, 7) is 2.74. The molecule has 0 saturated heterocycles. The van der Waals surface area contributed by atoms with E-state index < -0.39 is 23.1 Å². The fraction of sp³-hybridized carbons (Fsp3) is 0.414. The molecule has 2 atom stereocenters. The van der Waals surface area contributed by atoms with Gasteiger partial charge in [0.2, 0.25) is 0 Å². The number of alkyl halides is 1. The number of hydrogen-bond acceptors (Lipinski definition) is 7. The van der Waals surface area contributed by atoms with Crippen LogP contribution in [0.2, 0.25) is 10.0 Å². The van der Waals surface area contributed by atoms with Gasteiger partial charge in [0, 0.05) is 5.56 Å². The second-order valence-electron chi connectivity index (χ2n) is 11.2. The highest BCUT2D eigenvalue weighted by Crippen LogP contribution is 2.57. The van der Waals surface area contributed by atoms with Crippen LogP contribution >= 0.6 is 34.5 Å². The minimum Gasteiger partial charge on any atom is -0.478 e. The molecule has 4 aromatic rings. The van der Waals surface area contributed by atoms with E-state index in [-0.39, 0.29) is 41.4 Å². The maximum absolute atomic E-state index is 15.1. The average Bonchev–Trinajstić information content (AvgIpc) is 3.55. The third kappa shape index (κ3) is 4.83. The van der Waals surface area contributed by atoms with Crippen LogP contribution in [-0.4, -0.2) is 32.4 Å². The van der Waals surface area contributed by atoms with Gasteiger partial charge in [-0.25, -0.2) is 18.6 Å². The molecular weight excluding hydrogens is 597 g/mol. The molecule has 6 rings (SSSR count). The standard InChI is InChI=1S/C29H26Cl2F2N2O5S/c1-28(2,33)25-17(23(35-40-25)22-18(30)4-3-5-19(22)31)12-39-16-10-14-6-7-15(11-16)29(14,38)27-34-24-20(32)8-13(26(36)37)9-21(24)41-27/h3-5,8-9,14-16,38H,6-7,10-12H2,1-2H3,(H,36,37). The number of halogens is 4. The first-order valence-electron chi connectivity index (χ1n) is 13.2. The normalized spacial score (nSPS) is 24.3. The molecule has 2 unspecified atom stereocenters. The smallest absolute Gasteiger partial charge is 0.335 e. The summed E-state index contributed by atoms with van der Waals surface area (Å²) in [5.41, 5.74) is -2.07. The van der Waals surface area contributed by atoms with Gasteiger partial charge in [-0.3, -0.25) is 0 Å². The molecule has 12 heteroatoms. The summed E-state index contributed by atoms with van der Waals surface area (Å²) in [6, 6.07) is 7.36. The number of thiazole rings is 1. The molecule has 2 heterocycles. The van der Waals surface area contributed by atoms with Crippen LogP contribution in [0.4, 0.5) is 8.78 Å². The third-order valence-corrected chi connectivity index (χ3v) is 10.0. The lowest BCUT2D eigenvalue weighted by Gasteiger charge is -2.41. The molecular formula is C29H26Cl2F2N2O5S. The quantitative estimate of drug-likeness (QED) is 0.216. The molecule has 0 aliphatic heterocycles. The Hall–Kier alpha value is -2.63. The van der Waals surface area contributed by atoms with Gasteiger partial charge in [0.25, 0.3) is 0 Å². The lowest BCUT2D eigenvalue weighted by atomic mass is 9.73. The molecule has 2 aliphatic carbocycles. The van der Waals surface area contributed by atoms with Gasteiger partial charge in [-0.2, -0.15) is 0 Å². The highest BCUT2D eigenvalue weighted by molar-refractivity contribution is 7.18. The van der Waals surface area contributed by atoms with Gasteiger partial charge in [-0.05, 0) is 75.6 Å². The number of nitrogens with zero attached hydrogens (tertiary/aromatic N) is 2. The van der Waals surface area contributed by atoms with E-state index in [1.165, 1.54) is 19.9 Å². The molecule has 2 fully saturated rings. The van der Waals surface area contributed by atoms with E-state index in [4.69, 9.17) is 32.5 Å². The Morgan fingerprint density at radius 1 is 1.22 bits per heavy atom. The van der Waals surface area contributed by atoms with Crippen LogP contribution in [0.1, 0.15) is 66.2 Å². The SMILES string of the molecule is CC(C)(F)c1onc(-c2c(Cl)cccc2Cl)c1COC1CC2CCC(C1)C2(O)c1nc2c(F)cc(C(=O)O)cc2s1. The Balaban J connectivity index is 1.26. The number of hydrogen-bond donors (Lipinski definition) is 2. The van der Waals surface area contributed by atoms with E-state index in [0.717, 1.165) is 30.2 Å². The second-order valence-corrected chi connectivity index (χ2v) is 13.1. The highest BCUT2D eigenvalue weighted by atomic mass is 35.5. The summed E-state index contributed by atoms with van der Waals surface area (Å²) in [6.07, 6.45) is 2.23. The molecule has 2 N–H and O–H groups in total. The first-order valence-corrected chi connectivity index (χ1v) is 14.7. The Morgan fingerprint density at radius 3 is 2.49 bits per heavy atom. The second kappa shape index (κ2) is 10.3. The topological polar surface area (TPSA) is 106 Å². The summed E-state index contributed by atoms with van der Waals surface area (Å²) in [4.78, 5) is 15.8. The number of carboxylic acids is 1. The van der Waals surface area contributed by atoms with Gasteiger partial charge >= 0.3 is 5.97 Å². The van der Waals surface area contributed by atoms with Crippen molar-refractivity contribution >= 4 is 50.7 Å².